The van der Waals surface area contributed by atoms with Gasteiger partial charge in [0.2, 0.25) is 5.91 Å². The second-order valence-corrected chi connectivity index (χ2v) is 5.89. The zero-order chi connectivity index (χ0) is 14.7. The molecule has 1 amide bonds. The molecule has 0 saturated heterocycles. The van der Waals surface area contributed by atoms with E-state index in [2.05, 4.69) is 11.1 Å². The summed E-state index contributed by atoms with van der Waals surface area (Å²) in [5.41, 5.74) is 2.76. The first-order valence-electron chi connectivity index (χ1n) is 7.25. The lowest BCUT2D eigenvalue weighted by atomic mass is 10.3. The Kier molecular flexibility index (Phi) is 4.29. The van der Waals surface area contributed by atoms with E-state index in [9.17, 15) is 4.79 Å². The quantitative estimate of drug-likeness (QED) is 0.787. The average molecular weight is 302 g/mol. The number of allylic oxidation sites excluding steroid dienone is 2. The highest BCUT2D eigenvalue weighted by Gasteiger charge is 2.19. The van der Waals surface area contributed by atoms with Crippen molar-refractivity contribution >= 4 is 28.8 Å². The van der Waals surface area contributed by atoms with Crippen molar-refractivity contribution in [2.45, 2.75) is 31.4 Å². The minimum Gasteiger partial charge on any atom is -0.431 e. The smallest absolute Gasteiger partial charge is 0.257 e. The summed E-state index contributed by atoms with van der Waals surface area (Å²) in [6.45, 7) is 2.74. The molecule has 21 heavy (non-hydrogen) atoms. The van der Waals surface area contributed by atoms with E-state index in [4.69, 9.17) is 4.42 Å². The third-order valence-corrected chi connectivity index (χ3v) is 4.39. The van der Waals surface area contributed by atoms with Gasteiger partial charge in [-0.05, 0) is 38.3 Å². The summed E-state index contributed by atoms with van der Waals surface area (Å²) in [7, 11) is 0. The van der Waals surface area contributed by atoms with Crippen LogP contribution in [-0.4, -0.2) is 28.1 Å². The number of oxazole rings is 1. The summed E-state index contributed by atoms with van der Waals surface area (Å²) in [4.78, 5) is 18.6. The zero-order valence-corrected chi connectivity index (χ0v) is 12.9. The van der Waals surface area contributed by atoms with Crippen LogP contribution in [0, 0.1) is 0 Å². The number of para-hydroxylation sites is 2. The first-order valence-corrected chi connectivity index (χ1v) is 8.24. The van der Waals surface area contributed by atoms with Crippen LogP contribution < -0.4 is 0 Å². The maximum Gasteiger partial charge on any atom is 0.257 e. The molecule has 0 radical (unpaired) electrons. The van der Waals surface area contributed by atoms with Gasteiger partial charge in [0, 0.05) is 12.2 Å². The molecule has 0 bridgehead atoms. The fraction of sp³-hybridized carbons (Fsp3) is 0.375. The predicted octanol–water partition coefficient (Wildman–Crippen LogP) is 3.84. The Morgan fingerprint density at radius 3 is 3.00 bits per heavy atom. The van der Waals surface area contributed by atoms with Gasteiger partial charge in [-0.3, -0.25) is 4.79 Å². The van der Waals surface area contributed by atoms with Gasteiger partial charge < -0.3 is 9.32 Å². The Morgan fingerprint density at radius 1 is 1.43 bits per heavy atom. The van der Waals surface area contributed by atoms with Crippen molar-refractivity contribution in [3.63, 3.8) is 0 Å². The topological polar surface area (TPSA) is 46.3 Å². The van der Waals surface area contributed by atoms with E-state index in [0.717, 1.165) is 36.9 Å². The van der Waals surface area contributed by atoms with E-state index >= 15 is 0 Å². The maximum absolute atomic E-state index is 12.3. The summed E-state index contributed by atoms with van der Waals surface area (Å²) >= 11 is 1.36. The van der Waals surface area contributed by atoms with Gasteiger partial charge >= 0.3 is 0 Å². The standard InChI is InChI=1S/C16H18N2O2S/c1-2-18(12-7-3-4-8-12)15(19)11-21-16-17-13-9-5-6-10-14(13)20-16/h5-7,9-10H,2-4,8,11H2,1H3. The van der Waals surface area contributed by atoms with Crippen LogP contribution in [0.25, 0.3) is 11.1 Å². The third kappa shape index (κ3) is 3.13. The molecule has 3 rings (SSSR count). The van der Waals surface area contributed by atoms with Gasteiger partial charge in [-0.15, -0.1) is 0 Å². The number of thioether (sulfide) groups is 1. The number of amides is 1. The van der Waals surface area contributed by atoms with Crippen LogP contribution in [0.3, 0.4) is 0 Å². The number of aromatic nitrogens is 1. The molecule has 0 aliphatic heterocycles. The average Bonchev–Trinajstić information content (AvgIpc) is 3.14. The highest BCUT2D eigenvalue weighted by atomic mass is 32.2. The van der Waals surface area contributed by atoms with Crippen molar-refractivity contribution in [3.05, 3.63) is 36.0 Å². The van der Waals surface area contributed by atoms with Crippen LogP contribution >= 0.6 is 11.8 Å². The van der Waals surface area contributed by atoms with Crippen LogP contribution in [0.4, 0.5) is 0 Å². The number of nitrogens with zero attached hydrogens (tertiary/aromatic N) is 2. The van der Waals surface area contributed by atoms with Crippen LogP contribution in [0.5, 0.6) is 0 Å². The second-order valence-electron chi connectivity index (χ2n) is 4.96. The number of rotatable bonds is 5. The van der Waals surface area contributed by atoms with Crippen molar-refractivity contribution < 1.29 is 9.21 Å². The predicted molar refractivity (Wildman–Crippen MR) is 84.1 cm³/mol. The summed E-state index contributed by atoms with van der Waals surface area (Å²) in [6, 6.07) is 7.64. The van der Waals surface area contributed by atoms with Gasteiger partial charge in [0.05, 0.1) is 5.75 Å². The number of hydrogen-bond acceptors (Lipinski definition) is 4. The highest BCUT2D eigenvalue weighted by molar-refractivity contribution is 7.99. The normalized spacial score (nSPS) is 14.4. The number of benzene rings is 1. The summed E-state index contributed by atoms with van der Waals surface area (Å²) in [5, 5.41) is 0.556. The number of carbonyl (C=O) groups is 1. The van der Waals surface area contributed by atoms with Gasteiger partial charge in [0.1, 0.15) is 5.52 Å². The number of hydrogen-bond donors (Lipinski definition) is 0. The van der Waals surface area contributed by atoms with E-state index in [-0.39, 0.29) is 5.91 Å². The number of carbonyl (C=O) groups excluding carboxylic acids is 1. The monoisotopic (exact) mass is 302 g/mol. The van der Waals surface area contributed by atoms with Gasteiger partial charge in [-0.1, -0.05) is 30.0 Å². The Morgan fingerprint density at radius 2 is 2.29 bits per heavy atom. The van der Waals surface area contributed by atoms with Crippen LogP contribution in [0.2, 0.25) is 0 Å². The SMILES string of the molecule is CCN(C(=O)CSc1nc2ccccc2o1)C1=CCCC1. The molecule has 2 aromatic rings. The van der Waals surface area contributed by atoms with Gasteiger partial charge in [-0.25, -0.2) is 4.98 Å². The van der Waals surface area contributed by atoms with Crippen LogP contribution in [0.1, 0.15) is 26.2 Å². The minimum atomic E-state index is 0.123. The number of fused-ring (bicyclic) bond motifs is 1. The van der Waals surface area contributed by atoms with Crippen molar-refractivity contribution in [1.82, 2.24) is 9.88 Å². The lowest BCUT2D eigenvalue weighted by Crippen LogP contribution is -2.31. The first-order chi connectivity index (χ1) is 10.3. The highest BCUT2D eigenvalue weighted by Crippen LogP contribution is 2.25. The molecule has 110 valence electrons. The lowest BCUT2D eigenvalue weighted by Gasteiger charge is -2.21. The Bertz CT molecular complexity index is 645. The van der Waals surface area contributed by atoms with Crippen molar-refractivity contribution in [2.75, 3.05) is 12.3 Å². The fourth-order valence-corrected chi connectivity index (χ4v) is 3.27. The molecule has 1 aromatic carbocycles. The van der Waals surface area contributed by atoms with Gasteiger partial charge in [-0.2, -0.15) is 0 Å². The van der Waals surface area contributed by atoms with Crippen molar-refractivity contribution in [1.29, 1.82) is 0 Å². The van der Waals surface area contributed by atoms with E-state index in [1.54, 1.807) is 0 Å². The molecule has 5 heteroatoms. The molecular formula is C16H18N2O2S. The second kappa shape index (κ2) is 6.35. The first kappa shape index (κ1) is 14.2. The van der Waals surface area contributed by atoms with E-state index < -0.39 is 0 Å². The molecule has 4 nitrogen and oxygen atoms in total. The molecule has 1 aliphatic carbocycles. The van der Waals surface area contributed by atoms with E-state index in [1.165, 1.54) is 17.5 Å². The molecule has 0 spiro atoms. The van der Waals surface area contributed by atoms with E-state index in [0.29, 0.717) is 11.0 Å². The molecule has 0 N–H and O–H groups in total. The van der Waals surface area contributed by atoms with Crippen LogP contribution in [0.15, 0.2) is 45.7 Å². The Balaban J connectivity index is 1.64. The van der Waals surface area contributed by atoms with E-state index in [1.807, 2.05) is 36.1 Å². The molecule has 0 unspecified atom stereocenters. The maximum atomic E-state index is 12.3. The fourth-order valence-electron chi connectivity index (χ4n) is 2.55. The minimum absolute atomic E-state index is 0.123. The van der Waals surface area contributed by atoms with Gasteiger partial charge in [0.15, 0.2) is 5.58 Å². The third-order valence-electron chi connectivity index (χ3n) is 3.57. The molecule has 1 aromatic heterocycles. The molecule has 1 heterocycles. The van der Waals surface area contributed by atoms with Gasteiger partial charge in [0.25, 0.3) is 5.22 Å². The Labute approximate surface area is 128 Å². The lowest BCUT2D eigenvalue weighted by molar-refractivity contribution is -0.126. The molecule has 0 atom stereocenters. The summed E-state index contributed by atoms with van der Waals surface area (Å²) < 4.78 is 5.62. The largest absolute Gasteiger partial charge is 0.431 e. The van der Waals surface area contributed by atoms with Crippen molar-refractivity contribution in [3.8, 4) is 0 Å². The molecule has 0 saturated carbocycles. The Hall–Kier alpha value is -1.75. The zero-order valence-electron chi connectivity index (χ0n) is 12.0. The molecule has 0 fully saturated rings. The summed E-state index contributed by atoms with van der Waals surface area (Å²) in [6.07, 6.45) is 5.41. The molecule has 1 aliphatic rings. The van der Waals surface area contributed by atoms with Crippen molar-refractivity contribution in [2.24, 2.45) is 0 Å². The molecular weight excluding hydrogens is 284 g/mol. The summed E-state index contributed by atoms with van der Waals surface area (Å²) in [5.74, 6) is 0.482. The van der Waals surface area contributed by atoms with Crippen LogP contribution in [-0.2, 0) is 4.79 Å².